The Bertz CT molecular complexity index is 404. The summed E-state index contributed by atoms with van der Waals surface area (Å²) < 4.78 is 1.55. The number of carbonyl (C=O) groups excluding carboxylic acids is 1. The summed E-state index contributed by atoms with van der Waals surface area (Å²) in [5.41, 5.74) is 5.03. The van der Waals surface area contributed by atoms with E-state index in [1.165, 1.54) is 0 Å². The third-order valence-corrected chi connectivity index (χ3v) is 2.99. The number of anilines is 1. The molecule has 18 heavy (non-hydrogen) atoms. The first-order valence-electron chi connectivity index (χ1n) is 5.89. The van der Waals surface area contributed by atoms with Gasteiger partial charge in [0.1, 0.15) is 0 Å². The molecule has 0 atom stereocenters. The summed E-state index contributed by atoms with van der Waals surface area (Å²) in [6.45, 7) is 3.56. The molecule has 0 saturated carbocycles. The number of hydrogen-bond donors (Lipinski definition) is 4. The fraction of sp³-hybridized carbons (Fsp3) is 0.636. The van der Waals surface area contributed by atoms with Crippen LogP contribution in [0.2, 0.25) is 0 Å². The number of amides is 1. The minimum atomic E-state index is -1.04. The molecule has 1 rings (SSSR count). The second-order valence-corrected chi connectivity index (χ2v) is 4.19. The van der Waals surface area contributed by atoms with Crippen LogP contribution in [-0.2, 0) is 6.54 Å². The van der Waals surface area contributed by atoms with E-state index in [0.717, 1.165) is 0 Å². The van der Waals surface area contributed by atoms with Crippen LogP contribution in [0.1, 0.15) is 30.8 Å². The van der Waals surface area contributed by atoms with Crippen molar-refractivity contribution in [1.29, 1.82) is 0 Å². The minimum absolute atomic E-state index is 0.108. The average molecular weight is 256 g/mol. The zero-order valence-corrected chi connectivity index (χ0v) is 10.7. The molecule has 0 aliphatic rings. The van der Waals surface area contributed by atoms with Crippen molar-refractivity contribution >= 4 is 11.6 Å². The summed E-state index contributed by atoms with van der Waals surface area (Å²) >= 11 is 0. The number of carbonyl (C=O) groups is 1. The number of hydrogen-bond acceptors (Lipinski definition) is 5. The molecule has 0 spiro atoms. The van der Waals surface area contributed by atoms with E-state index < -0.39 is 11.4 Å². The molecule has 0 bridgehead atoms. The molecule has 102 valence electrons. The third kappa shape index (κ3) is 2.80. The van der Waals surface area contributed by atoms with E-state index in [1.54, 1.807) is 17.8 Å². The molecular weight excluding hydrogens is 236 g/mol. The van der Waals surface area contributed by atoms with E-state index in [0.29, 0.717) is 13.0 Å². The van der Waals surface area contributed by atoms with Crippen LogP contribution in [-0.4, -0.2) is 44.7 Å². The lowest BCUT2D eigenvalue weighted by atomic mass is 9.98. The molecule has 5 N–H and O–H groups in total. The molecular formula is C11H20N4O3. The van der Waals surface area contributed by atoms with E-state index in [1.807, 2.05) is 6.92 Å². The van der Waals surface area contributed by atoms with Gasteiger partial charge in [-0.1, -0.05) is 6.92 Å². The van der Waals surface area contributed by atoms with E-state index in [9.17, 15) is 15.0 Å². The van der Waals surface area contributed by atoms with Gasteiger partial charge < -0.3 is 21.3 Å². The van der Waals surface area contributed by atoms with Gasteiger partial charge in [-0.2, -0.15) is 5.10 Å². The highest BCUT2D eigenvalue weighted by molar-refractivity contribution is 5.97. The molecule has 7 heteroatoms. The van der Waals surface area contributed by atoms with Gasteiger partial charge in [0.2, 0.25) is 0 Å². The van der Waals surface area contributed by atoms with Crippen molar-refractivity contribution in [2.45, 2.75) is 32.4 Å². The topological polar surface area (TPSA) is 113 Å². The average Bonchev–Trinajstić information content (AvgIpc) is 2.77. The Morgan fingerprint density at radius 1 is 1.50 bits per heavy atom. The van der Waals surface area contributed by atoms with Crippen LogP contribution in [0.4, 0.5) is 5.69 Å². The Hall–Kier alpha value is -1.60. The lowest BCUT2D eigenvalue weighted by Crippen LogP contribution is -2.54. The highest BCUT2D eigenvalue weighted by Crippen LogP contribution is 2.13. The fourth-order valence-corrected chi connectivity index (χ4v) is 1.52. The number of aromatic nitrogens is 2. The smallest absolute Gasteiger partial charge is 0.274 e. The largest absolute Gasteiger partial charge is 0.396 e. The van der Waals surface area contributed by atoms with Gasteiger partial charge in [0.25, 0.3) is 5.91 Å². The van der Waals surface area contributed by atoms with Crippen LogP contribution >= 0.6 is 0 Å². The quantitative estimate of drug-likeness (QED) is 0.540. The van der Waals surface area contributed by atoms with Gasteiger partial charge >= 0.3 is 0 Å². The Labute approximate surface area is 106 Å². The molecule has 0 fully saturated rings. The number of rotatable bonds is 6. The summed E-state index contributed by atoms with van der Waals surface area (Å²) in [5.74, 6) is -0.496. The van der Waals surface area contributed by atoms with Crippen molar-refractivity contribution in [3.05, 3.63) is 11.9 Å². The lowest BCUT2D eigenvalue weighted by Gasteiger charge is -2.29. The maximum Gasteiger partial charge on any atom is 0.274 e. The first-order chi connectivity index (χ1) is 8.51. The van der Waals surface area contributed by atoms with Crippen LogP contribution in [0, 0.1) is 0 Å². The second kappa shape index (κ2) is 5.83. The molecule has 0 unspecified atom stereocenters. The van der Waals surface area contributed by atoms with Gasteiger partial charge in [-0.25, -0.2) is 0 Å². The molecule has 1 aromatic heterocycles. The van der Waals surface area contributed by atoms with Crippen molar-refractivity contribution in [1.82, 2.24) is 15.1 Å². The zero-order chi connectivity index (χ0) is 13.8. The van der Waals surface area contributed by atoms with Gasteiger partial charge in [-0.05, 0) is 13.3 Å². The predicted molar refractivity (Wildman–Crippen MR) is 67.0 cm³/mol. The number of nitrogens with two attached hydrogens (primary N) is 1. The molecule has 0 saturated heterocycles. The van der Waals surface area contributed by atoms with Crippen molar-refractivity contribution < 1.29 is 15.0 Å². The Kier molecular flexibility index (Phi) is 4.69. The van der Waals surface area contributed by atoms with Crippen LogP contribution < -0.4 is 11.1 Å². The van der Waals surface area contributed by atoms with Gasteiger partial charge in [0.05, 0.1) is 24.4 Å². The summed E-state index contributed by atoms with van der Waals surface area (Å²) in [6, 6.07) is 0. The molecule has 0 aromatic carbocycles. The Balaban J connectivity index is 2.90. The van der Waals surface area contributed by atoms with Crippen LogP contribution in [0.25, 0.3) is 0 Å². The number of aliphatic hydroxyl groups excluding tert-OH is 2. The normalized spacial score (nSPS) is 11.6. The van der Waals surface area contributed by atoms with E-state index in [2.05, 4.69) is 10.4 Å². The summed E-state index contributed by atoms with van der Waals surface area (Å²) in [6.07, 6.45) is 1.97. The van der Waals surface area contributed by atoms with Gasteiger partial charge in [0, 0.05) is 12.7 Å². The third-order valence-electron chi connectivity index (χ3n) is 2.99. The number of aryl methyl sites for hydroxylation is 1. The van der Waals surface area contributed by atoms with E-state index in [4.69, 9.17) is 5.73 Å². The predicted octanol–water partition coefficient (Wildman–Crippen LogP) is -0.652. The number of nitrogens with zero attached hydrogens (tertiary/aromatic N) is 2. The Morgan fingerprint density at radius 3 is 2.50 bits per heavy atom. The highest BCUT2D eigenvalue weighted by atomic mass is 16.3. The van der Waals surface area contributed by atoms with E-state index in [-0.39, 0.29) is 24.6 Å². The van der Waals surface area contributed by atoms with Gasteiger partial charge in [0.15, 0.2) is 5.69 Å². The van der Waals surface area contributed by atoms with Crippen LogP contribution in [0.15, 0.2) is 6.20 Å². The highest BCUT2D eigenvalue weighted by Gasteiger charge is 2.30. The molecule has 0 radical (unpaired) electrons. The number of aliphatic hydroxyl groups is 2. The standard InChI is InChI=1S/C11H20N4O3/c1-3-11(6-16,7-17)13-10(18)9-8(12)5-15(4-2)14-9/h5,16-17H,3-4,6-7,12H2,1-2H3,(H,13,18). The summed E-state index contributed by atoms with van der Waals surface area (Å²) in [5, 5.41) is 25.1. The zero-order valence-electron chi connectivity index (χ0n) is 10.7. The fourth-order valence-electron chi connectivity index (χ4n) is 1.52. The van der Waals surface area contributed by atoms with Crippen molar-refractivity contribution in [2.24, 2.45) is 0 Å². The minimum Gasteiger partial charge on any atom is -0.396 e. The van der Waals surface area contributed by atoms with E-state index >= 15 is 0 Å². The maximum atomic E-state index is 12.0. The van der Waals surface area contributed by atoms with Crippen LogP contribution in [0.5, 0.6) is 0 Å². The first kappa shape index (κ1) is 14.5. The molecule has 7 nitrogen and oxygen atoms in total. The van der Waals surface area contributed by atoms with Crippen LogP contribution in [0.3, 0.4) is 0 Å². The molecule has 0 aliphatic carbocycles. The molecule has 1 aromatic rings. The Morgan fingerprint density at radius 2 is 2.11 bits per heavy atom. The van der Waals surface area contributed by atoms with Crippen molar-refractivity contribution in [3.8, 4) is 0 Å². The monoisotopic (exact) mass is 256 g/mol. The molecule has 0 aliphatic heterocycles. The van der Waals surface area contributed by atoms with Crippen molar-refractivity contribution in [2.75, 3.05) is 18.9 Å². The van der Waals surface area contributed by atoms with Gasteiger partial charge in [-0.3, -0.25) is 9.48 Å². The lowest BCUT2D eigenvalue weighted by molar-refractivity contribution is 0.0649. The molecule has 1 heterocycles. The van der Waals surface area contributed by atoms with Crippen molar-refractivity contribution in [3.63, 3.8) is 0 Å². The first-order valence-corrected chi connectivity index (χ1v) is 5.89. The maximum absolute atomic E-state index is 12.0. The summed E-state index contributed by atoms with van der Waals surface area (Å²) in [7, 11) is 0. The second-order valence-electron chi connectivity index (χ2n) is 4.19. The number of nitrogen functional groups attached to an aromatic ring is 1. The SMILES string of the molecule is CCn1cc(N)c(C(=O)NC(CC)(CO)CO)n1. The molecule has 1 amide bonds. The van der Waals surface area contributed by atoms with Gasteiger partial charge in [-0.15, -0.1) is 0 Å². The number of nitrogens with one attached hydrogen (secondary N) is 1. The summed E-state index contributed by atoms with van der Waals surface area (Å²) in [4.78, 5) is 12.0.